The van der Waals surface area contributed by atoms with Crippen LogP contribution in [-0.4, -0.2) is 30.0 Å². The molecule has 1 atom stereocenters. The van der Waals surface area contributed by atoms with E-state index in [1.54, 1.807) is 24.3 Å². The van der Waals surface area contributed by atoms with Crippen molar-refractivity contribution in [2.45, 2.75) is 18.6 Å². The summed E-state index contributed by atoms with van der Waals surface area (Å²) in [6.07, 6.45) is 0.301. The monoisotopic (exact) mass is 301 g/mol. The normalized spacial score (nSPS) is 11.7. The van der Waals surface area contributed by atoms with Crippen LogP contribution in [0.15, 0.2) is 24.3 Å². The first kappa shape index (κ1) is 15.9. The number of thioether (sulfide) groups is 1. The number of benzene rings is 1. The first-order valence-electron chi connectivity index (χ1n) is 5.75. The van der Waals surface area contributed by atoms with E-state index in [1.165, 1.54) is 18.9 Å². The van der Waals surface area contributed by atoms with Crippen molar-refractivity contribution in [2.75, 3.05) is 18.2 Å². The van der Waals surface area contributed by atoms with Crippen molar-refractivity contribution in [2.24, 2.45) is 0 Å². The Morgan fingerprint density at radius 2 is 2.00 bits per heavy atom. The molecule has 0 aromatic heterocycles. The highest BCUT2D eigenvalue weighted by atomic mass is 35.5. The molecule has 0 aliphatic rings. The van der Waals surface area contributed by atoms with E-state index in [9.17, 15) is 9.59 Å². The number of rotatable bonds is 6. The van der Waals surface area contributed by atoms with Crippen molar-refractivity contribution in [1.82, 2.24) is 0 Å². The third-order valence-corrected chi connectivity index (χ3v) is 3.73. The molecule has 19 heavy (non-hydrogen) atoms. The zero-order valence-electron chi connectivity index (χ0n) is 10.8. The number of anilines is 1. The fraction of sp³-hybridized carbons (Fsp3) is 0.385. The summed E-state index contributed by atoms with van der Waals surface area (Å²) in [6, 6.07) is 6.90. The molecule has 1 aromatic rings. The lowest BCUT2D eigenvalue weighted by Crippen LogP contribution is -2.17. The highest BCUT2D eigenvalue weighted by molar-refractivity contribution is 8.00. The van der Waals surface area contributed by atoms with Crippen molar-refractivity contribution < 1.29 is 14.3 Å². The Hall–Kier alpha value is -1.20. The highest BCUT2D eigenvalue weighted by Crippen LogP contribution is 2.16. The largest absolute Gasteiger partial charge is 0.469 e. The van der Waals surface area contributed by atoms with Gasteiger partial charge in [0.05, 0.1) is 19.3 Å². The number of ether oxygens (including phenoxy) is 1. The van der Waals surface area contributed by atoms with Gasteiger partial charge in [-0.15, -0.1) is 11.8 Å². The van der Waals surface area contributed by atoms with E-state index in [0.29, 0.717) is 22.9 Å². The van der Waals surface area contributed by atoms with Gasteiger partial charge >= 0.3 is 5.97 Å². The summed E-state index contributed by atoms with van der Waals surface area (Å²) in [6.45, 7) is 1.89. The molecule has 0 heterocycles. The summed E-state index contributed by atoms with van der Waals surface area (Å²) in [7, 11) is 1.35. The molecule has 0 saturated heterocycles. The third-order valence-electron chi connectivity index (χ3n) is 2.31. The van der Waals surface area contributed by atoms with Crippen LogP contribution in [0.1, 0.15) is 13.3 Å². The molecule has 0 aliphatic carbocycles. The molecular formula is C13H16ClNO3S. The van der Waals surface area contributed by atoms with E-state index >= 15 is 0 Å². The molecule has 0 aliphatic heterocycles. The number of methoxy groups -OCH3 is 1. The van der Waals surface area contributed by atoms with Crippen LogP contribution in [0.4, 0.5) is 5.69 Å². The Morgan fingerprint density at radius 3 is 2.58 bits per heavy atom. The van der Waals surface area contributed by atoms with Crippen LogP contribution in [0, 0.1) is 0 Å². The van der Waals surface area contributed by atoms with Crippen molar-refractivity contribution in [1.29, 1.82) is 0 Å². The molecule has 0 bridgehead atoms. The van der Waals surface area contributed by atoms with Gasteiger partial charge in [-0.25, -0.2) is 0 Å². The maximum atomic E-state index is 11.7. The second-order valence-corrected chi connectivity index (χ2v) is 5.82. The molecule has 0 spiro atoms. The smallest absolute Gasteiger partial charge is 0.306 e. The van der Waals surface area contributed by atoms with Crippen LogP contribution in [0.3, 0.4) is 0 Å². The van der Waals surface area contributed by atoms with Crippen LogP contribution in [0.5, 0.6) is 0 Å². The molecule has 1 unspecified atom stereocenters. The SMILES string of the molecule is COC(=O)CC(C)SCC(=O)Nc1ccc(Cl)cc1. The second kappa shape index (κ2) is 8.07. The number of esters is 1. The van der Waals surface area contributed by atoms with Crippen LogP contribution < -0.4 is 5.32 Å². The zero-order valence-corrected chi connectivity index (χ0v) is 12.4. The summed E-state index contributed by atoms with van der Waals surface area (Å²) in [5.41, 5.74) is 0.704. The Bertz CT molecular complexity index is 436. The first-order valence-corrected chi connectivity index (χ1v) is 7.17. The molecular weight excluding hydrogens is 286 g/mol. The minimum atomic E-state index is -0.266. The Morgan fingerprint density at radius 1 is 1.37 bits per heavy atom. The fourth-order valence-corrected chi connectivity index (χ4v) is 2.21. The maximum absolute atomic E-state index is 11.7. The average Bonchev–Trinajstić information content (AvgIpc) is 2.39. The first-order chi connectivity index (χ1) is 9.01. The number of nitrogens with one attached hydrogen (secondary N) is 1. The van der Waals surface area contributed by atoms with Gasteiger partial charge in [-0.05, 0) is 24.3 Å². The van der Waals surface area contributed by atoms with Gasteiger partial charge in [-0.3, -0.25) is 9.59 Å². The molecule has 0 radical (unpaired) electrons. The van der Waals surface area contributed by atoms with Crippen molar-refractivity contribution in [3.8, 4) is 0 Å². The van der Waals surface area contributed by atoms with Gasteiger partial charge in [0, 0.05) is 16.0 Å². The van der Waals surface area contributed by atoms with E-state index in [4.69, 9.17) is 11.6 Å². The number of carbonyl (C=O) groups is 2. The van der Waals surface area contributed by atoms with E-state index in [-0.39, 0.29) is 17.1 Å². The lowest BCUT2D eigenvalue weighted by molar-refractivity contribution is -0.140. The van der Waals surface area contributed by atoms with E-state index < -0.39 is 0 Å². The van der Waals surface area contributed by atoms with Crippen molar-refractivity contribution >= 4 is 40.9 Å². The summed E-state index contributed by atoms with van der Waals surface area (Å²) < 4.78 is 4.57. The molecule has 6 heteroatoms. The molecule has 1 N–H and O–H groups in total. The number of amides is 1. The standard InChI is InChI=1S/C13H16ClNO3S/c1-9(7-13(17)18-2)19-8-12(16)15-11-5-3-10(14)4-6-11/h3-6,9H,7-8H2,1-2H3,(H,15,16). The molecule has 104 valence electrons. The molecule has 0 fully saturated rings. The van der Waals surface area contributed by atoms with Crippen LogP contribution in [0.2, 0.25) is 5.02 Å². The minimum absolute atomic E-state index is 0.0448. The predicted octanol–water partition coefficient (Wildman–Crippen LogP) is 2.96. The minimum Gasteiger partial charge on any atom is -0.469 e. The predicted molar refractivity (Wildman–Crippen MR) is 78.6 cm³/mol. The van der Waals surface area contributed by atoms with E-state index in [1.807, 2.05) is 6.92 Å². The van der Waals surface area contributed by atoms with Crippen LogP contribution in [-0.2, 0) is 14.3 Å². The number of hydrogen-bond donors (Lipinski definition) is 1. The van der Waals surface area contributed by atoms with Gasteiger partial charge in [0.15, 0.2) is 0 Å². The summed E-state index contributed by atoms with van der Waals surface area (Å²) in [5, 5.41) is 3.43. The quantitative estimate of drug-likeness (QED) is 0.821. The number of carbonyl (C=O) groups excluding carboxylic acids is 2. The second-order valence-electron chi connectivity index (χ2n) is 3.96. The van der Waals surface area contributed by atoms with Crippen molar-refractivity contribution in [3.05, 3.63) is 29.3 Å². The summed E-state index contributed by atoms with van der Waals surface area (Å²) in [5.74, 6) is -0.0806. The molecule has 1 amide bonds. The molecule has 0 saturated carbocycles. The lowest BCUT2D eigenvalue weighted by Gasteiger charge is -2.10. The van der Waals surface area contributed by atoms with Gasteiger partial charge in [0.25, 0.3) is 0 Å². The van der Waals surface area contributed by atoms with Gasteiger partial charge in [-0.2, -0.15) is 0 Å². The Balaban J connectivity index is 2.31. The Labute approximate surface area is 121 Å². The van der Waals surface area contributed by atoms with Gasteiger partial charge in [-0.1, -0.05) is 18.5 Å². The molecule has 1 rings (SSSR count). The fourth-order valence-electron chi connectivity index (χ4n) is 1.33. The lowest BCUT2D eigenvalue weighted by atomic mass is 10.3. The van der Waals surface area contributed by atoms with Gasteiger partial charge in [0.1, 0.15) is 0 Å². The summed E-state index contributed by atoms with van der Waals surface area (Å²) >= 11 is 7.16. The van der Waals surface area contributed by atoms with Crippen LogP contribution >= 0.6 is 23.4 Å². The molecule has 1 aromatic carbocycles. The topological polar surface area (TPSA) is 55.4 Å². The third kappa shape index (κ3) is 6.50. The summed E-state index contributed by atoms with van der Waals surface area (Å²) in [4.78, 5) is 22.7. The maximum Gasteiger partial charge on any atom is 0.306 e. The number of hydrogen-bond acceptors (Lipinski definition) is 4. The number of halogens is 1. The van der Waals surface area contributed by atoms with E-state index in [2.05, 4.69) is 10.1 Å². The van der Waals surface area contributed by atoms with Gasteiger partial charge in [0.2, 0.25) is 5.91 Å². The van der Waals surface area contributed by atoms with Crippen LogP contribution in [0.25, 0.3) is 0 Å². The van der Waals surface area contributed by atoms with Crippen molar-refractivity contribution in [3.63, 3.8) is 0 Å². The highest BCUT2D eigenvalue weighted by Gasteiger charge is 2.11. The van der Waals surface area contributed by atoms with E-state index in [0.717, 1.165) is 0 Å². The zero-order chi connectivity index (χ0) is 14.3. The average molecular weight is 302 g/mol. The Kier molecular flexibility index (Phi) is 6.73. The van der Waals surface area contributed by atoms with Gasteiger partial charge < -0.3 is 10.1 Å². The molecule has 4 nitrogen and oxygen atoms in total.